The number of fused-ring (bicyclic) bond motifs is 4. The number of piperidine rings is 1. The molecule has 3 saturated heterocycles. The van der Waals surface area contributed by atoms with Gasteiger partial charge in [0.05, 0.1) is 29.9 Å². The number of thiazole rings is 1. The molecule has 0 spiro atoms. The van der Waals surface area contributed by atoms with E-state index < -0.39 is 10.0 Å². The van der Waals surface area contributed by atoms with Gasteiger partial charge in [-0.2, -0.15) is 4.31 Å². The first-order chi connectivity index (χ1) is 9.45. The van der Waals surface area contributed by atoms with Crippen molar-refractivity contribution in [2.24, 2.45) is 5.92 Å². The second kappa shape index (κ2) is 5.09. The first kappa shape index (κ1) is 14.0. The van der Waals surface area contributed by atoms with Gasteiger partial charge in [0.25, 0.3) is 0 Å². The number of sulfonamides is 1. The lowest BCUT2D eigenvalue weighted by Crippen LogP contribution is -2.47. The van der Waals surface area contributed by atoms with Gasteiger partial charge in [-0.1, -0.05) is 0 Å². The summed E-state index contributed by atoms with van der Waals surface area (Å²) in [6.07, 6.45) is 2.86. The number of amides is 1. The SMILES string of the molecule is CS(=O)(=O)N1C[C@H]2CC[C@@H](C1)N(Cc1cscn1)C2=O. The molecule has 1 aromatic rings. The summed E-state index contributed by atoms with van der Waals surface area (Å²) >= 11 is 1.50. The van der Waals surface area contributed by atoms with Crippen molar-refractivity contribution >= 4 is 27.3 Å². The van der Waals surface area contributed by atoms with Gasteiger partial charge >= 0.3 is 0 Å². The summed E-state index contributed by atoms with van der Waals surface area (Å²) in [5.41, 5.74) is 2.63. The molecule has 4 heterocycles. The van der Waals surface area contributed by atoms with E-state index in [9.17, 15) is 13.2 Å². The molecule has 6 nitrogen and oxygen atoms in total. The van der Waals surface area contributed by atoms with Crippen LogP contribution in [0.4, 0.5) is 0 Å². The maximum Gasteiger partial charge on any atom is 0.227 e. The topological polar surface area (TPSA) is 70.6 Å². The Balaban J connectivity index is 1.85. The normalized spacial score (nSPS) is 27.9. The Hall–Kier alpha value is -0.990. The summed E-state index contributed by atoms with van der Waals surface area (Å²) in [5, 5.41) is 1.93. The molecular weight excluding hydrogens is 298 g/mol. The molecule has 0 N–H and O–H groups in total. The minimum Gasteiger partial charge on any atom is -0.332 e. The van der Waals surface area contributed by atoms with E-state index in [1.54, 1.807) is 5.51 Å². The molecule has 2 atom stereocenters. The number of hydrogen-bond donors (Lipinski definition) is 0. The molecule has 0 aliphatic carbocycles. The Morgan fingerprint density at radius 1 is 1.40 bits per heavy atom. The summed E-state index contributed by atoms with van der Waals surface area (Å²) < 4.78 is 25.0. The number of carbonyl (C=O) groups excluding carboxylic acids is 1. The van der Waals surface area contributed by atoms with Crippen molar-refractivity contribution in [2.45, 2.75) is 25.4 Å². The highest BCUT2D eigenvalue weighted by atomic mass is 32.2. The Bertz CT molecular complexity index is 599. The second-order valence-corrected chi connectivity index (χ2v) is 8.16. The molecule has 20 heavy (non-hydrogen) atoms. The molecule has 3 aliphatic heterocycles. The number of rotatable bonds is 3. The molecule has 0 radical (unpaired) electrons. The van der Waals surface area contributed by atoms with Crippen molar-refractivity contribution in [3.05, 3.63) is 16.6 Å². The molecule has 3 aliphatic rings. The van der Waals surface area contributed by atoms with Gasteiger partial charge in [0.2, 0.25) is 15.9 Å². The molecule has 4 rings (SSSR count). The van der Waals surface area contributed by atoms with Crippen LogP contribution in [0.3, 0.4) is 0 Å². The highest BCUT2D eigenvalue weighted by Crippen LogP contribution is 2.31. The highest BCUT2D eigenvalue weighted by molar-refractivity contribution is 7.88. The third-order valence-electron chi connectivity index (χ3n) is 4.04. The molecule has 1 amide bonds. The largest absolute Gasteiger partial charge is 0.332 e. The van der Waals surface area contributed by atoms with Gasteiger partial charge in [0.1, 0.15) is 0 Å². The minimum atomic E-state index is -3.24. The van der Waals surface area contributed by atoms with Gasteiger partial charge in [-0.3, -0.25) is 4.79 Å². The maximum atomic E-state index is 12.5. The van der Waals surface area contributed by atoms with Gasteiger partial charge in [-0.05, 0) is 12.8 Å². The number of carbonyl (C=O) groups is 1. The molecule has 0 unspecified atom stereocenters. The zero-order valence-electron chi connectivity index (χ0n) is 11.2. The van der Waals surface area contributed by atoms with Crippen LogP contribution in [0, 0.1) is 5.92 Å². The zero-order chi connectivity index (χ0) is 14.3. The first-order valence-corrected chi connectivity index (χ1v) is 9.37. The lowest BCUT2D eigenvalue weighted by Gasteiger charge is -2.35. The third kappa shape index (κ3) is 2.59. The molecule has 1 aromatic heterocycles. The van der Waals surface area contributed by atoms with E-state index in [-0.39, 0.29) is 17.9 Å². The lowest BCUT2D eigenvalue weighted by atomic mass is 9.94. The molecule has 0 saturated carbocycles. The van der Waals surface area contributed by atoms with Crippen molar-refractivity contribution in [3.8, 4) is 0 Å². The van der Waals surface area contributed by atoms with Gasteiger partial charge < -0.3 is 4.90 Å². The fourth-order valence-corrected chi connectivity index (χ4v) is 4.41. The summed E-state index contributed by atoms with van der Waals surface area (Å²) in [6, 6.07) is -0.0299. The predicted octanol–water partition coefficient (Wildman–Crippen LogP) is 0.525. The van der Waals surface area contributed by atoms with Crippen LogP contribution in [-0.4, -0.2) is 53.9 Å². The number of hydrogen-bond acceptors (Lipinski definition) is 5. The zero-order valence-corrected chi connectivity index (χ0v) is 12.9. The van der Waals surface area contributed by atoms with Crippen LogP contribution >= 0.6 is 11.3 Å². The fraction of sp³-hybridized carbons (Fsp3) is 0.667. The molecule has 3 fully saturated rings. The van der Waals surface area contributed by atoms with Crippen LogP contribution in [-0.2, 0) is 21.4 Å². The van der Waals surface area contributed by atoms with Crippen LogP contribution in [0.1, 0.15) is 18.5 Å². The van der Waals surface area contributed by atoms with E-state index >= 15 is 0 Å². The van der Waals surface area contributed by atoms with Crippen molar-refractivity contribution in [1.29, 1.82) is 0 Å². The van der Waals surface area contributed by atoms with Crippen LogP contribution in [0.25, 0.3) is 0 Å². The molecule has 0 aromatic carbocycles. The average Bonchev–Trinajstić information content (AvgIpc) is 2.72. The number of aromatic nitrogens is 1. The van der Waals surface area contributed by atoms with Gasteiger partial charge in [0.15, 0.2) is 0 Å². The fourth-order valence-electron chi connectivity index (χ4n) is 2.97. The molecule has 2 bridgehead atoms. The highest BCUT2D eigenvalue weighted by Gasteiger charge is 2.42. The summed E-state index contributed by atoms with van der Waals surface area (Å²) in [5.74, 6) is -0.137. The van der Waals surface area contributed by atoms with Crippen molar-refractivity contribution in [2.75, 3.05) is 19.3 Å². The first-order valence-electron chi connectivity index (χ1n) is 6.58. The van der Waals surface area contributed by atoms with Crippen LogP contribution in [0.2, 0.25) is 0 Å². The van der Waals surface area contributed by atoms with Gasteiger partial charge in [0, 0.05) is 24.5 Å². The second-order valence-electron chi connectivity index (χ2n) is 5.45. The van der Waals surface area contributed by atoms with Crippen LogP contribution < -0.4 is 0 Å². The Morgan fingerprint density at radius 3 is 2.85 bits per heavy atom. The Labute approximate surface area is 122 Å². The van der Waals surface area contributed by atoms with Gasteiger partial charge in [-0.25, -0.2) is 13.4 Å². The summed E-state index contributed by atoms with van der Waals surface area (Å²) in [4.78, 5) is 18.5. The lowest BCUT2D eigenvalue weighted by molar-refractivity contribution is -0.140. The standard InChI is InChI=1S/C12H17N3O3S2/c1-20(17,18)14-4-9-2-3-11(6-14)15(12(9)16)5-10-7-19-8-13-10/h7-9,11H,2-6H2,1H3/t9-,11+/m1/s1. The Kier molecular flexibility index (Phi) is 3.55. The van der Waals surface area contributed by atoms with Gasteiger partial charge in [-0.15, -0.1) is 11.3 Å². The summed E-state index contributed by atoms with van der Waals surface area (Å²) in [6.45, 7) is 1.22. The maximum absolute atomic E-state index is 12.5. The quantitative estimate of drug-likeness (QED) is 0.815. The van der Waals surface area contributed by atoms with E-state index in [2.05, 4.69) is 4.98 Å². The average molecular weight is 315 g/mol. The molecule has 110 valence electrons. The number of nitrogens with zero attached hydrogens (tertiary/aromatic N) is 3. The Morgan fingerprint density at radius 2 is 2.20 bits per heavy atom. The van der Waals surface area contributed by atoms with Crippen LogP contribution in [0.5, 0.6) is 0 Å². The van der Waals surface area contributed by atoms with Crippen molar-refractivity contribution < 1.29 is 13.2 Å². The summed E-state index contributed by atoms with van der Waals surface area (Å²) in [7, 11) is -3.24. The van der Waals surface area contributed by atoms with Crippen molar-refractivity contribution in [3.63, 3.8) is 0 Å². The van der Waals surface area contributed by atoms with E-state index in [0.717, 1.165) is 18.5 Å². The third-order valence-corrected chi connectivity index (χ3v) is 5.92. The van der Waals surface area contributed by atoms with E-state index in [4.69, 9.17) is 0 Å². The monoisotopic (exact) mass is 315 g/mol. The molecular formula is C12H17N3O3S2. The van der Waals surface area contributed by atoms with Crippen molar-refractivity contribution in [1.82, 2.24) is 14.2 Å². The smallest absolute Gasteiger partial charge is 0.227 e. The van der Waals surface area contributed by atoms with E-state index in [1.165, 1.54) is 21.9 Å². The van der Waals surface area contributed by atoms with Crippen LogP contribution in [0.15, 0.2) is 10.9 Å². The van der Waals surface area contributed by atoms with E-state index in [1.807, 2.05) is 10.3 Å². The predicted molar refractivity (Wildman–Crippen MR) is 75.6 cm³/mol. The minimum absolute atomic E-state index is 0.0299. The molecule has 8 heteroatoms. The van der Waals surface area contributed by atoms with E-state index in [0.29, 0.717) is 19.6 Å².